The molecule has 5 aromatic rings. The molecule has 11 heteroatoms. The molecule has 0 radical (unpaired) electrons. The van der Waals surface area contributed by atoms with Crippen LogP contribution in [0, 0.1) is 5.82 Å². The quantitative estimate of drug-likeness (QED) is 0.237. The molecule has 42 heavy (non-hydrogen) atoms. The Labute approximate surface area is 247 Å². The van der Waals surface area contributed by atoms with E-state index < -0.39 is 11.8 Å². The molecule has 1 saturated heterocycles. The van der Waals surface area contributed by atoms with E-state index in [1.807, 2.05) is 29.9 Å². The molecule has 4 heterocycles. The molecule has 1 aliphatic heterocycles. The third-order valence-corrected chi connectivity index (χ3v) is 7.89. The fourth-order valence-corrected chi connectivity index (χ4v) is 5.59. The van der Waals surface area contributed by atoms with Gasteiger partial charge in [-0.15, -0.1) is 0 Å². The van der Waals surface area contributed by atoms with Crippen LogP contribution in [0.1, 0.15) is 51.9 Å². The lowest BCUT2D eigenvalue weighted by molar-refractivity contribution is 0.0697. The topological polar surface area (TPSA) is 98.3 Å². The van der Waals surface area contributed by atoms with E-state index in [0.717, 1.165) is 54.2 Å². The number of halogens is 2. The van der Waals surface area contributed by atoms with Crippen molar-refractivity contribution in [2.75, 3.05) is 13.1 Å². The summed E-state index contributed by atoms with van der Waals surface area (Å²) in [5.74, 6) is 0.253. The highest BCUT2D eigenvalue weighted by atomic mass is 35.5. The number of fused-ring (bicyclic) bond motifs is 1. The van der Waals surface area contributed by atoms with Gasteiger partial charge >= 0.3 is 5.97 Å². The van der Waals surface area contributed by atoms with Gasteiger partial charge in [0.05, 0.1) is 41.7 Å². The number of nitrogens with zero attached hydrogens (tertiary/aromatic N) is 6. The highest BCUT2D eigenvalue weighted by molar-refractivity contribution is 6.30. The Morgan fingerprint density at radius 1 is 1.10 bits per heavy atom. The van der Waals surface area contributed by atoms with Crippen LogP contribution in [0.4, 0.5) is 4.39 Å². The summed E-state index contributed by atoms with van der Waals surface area (Å²) >= 11 is 5.85. The molecular formula is C31H30ClFN6O3. The molecule has 0 aliphatic carbocycles. The minimum absolute atomic E-state index is 0.0748. The summed E-state index contributed by atoms with van der Waals surface area (Å²) < 4.78 is 23.9. The summed E-state index contributed by atoms with van der Waals surface area (Å²) in [5.41, 5.74) is 4.05. The number of hydrogen-bond acceptors (Lipinski definition) is 6. The molecule has 0 bridgehead atoms. The van der Waals surface area contributed by atoms with Crippen LogP contribution in [0.5, 0.6) is 5.88 Å². The Hall–Kier alpha value is -4.28. The predicted molar refractivity (Wildman–Crippen MR) is 156 cm³/mol. The fourth-order valence-electron chi connectivity index (χ4n) is 5.43. The first-order valence-electron chi connectivity index (χ1n) is 13.8. The van der Waals surface area contributed by atoms with Crippen LogP contribution in [-0.4, -0.2) is 53.2 Å². The first-order valence-corrected chi connectivity index (χ1v) is 14.2. The van der Waals surface area contributed by atoms with Crippen LogP contribution in [0.3, 0.4) is 0 Å². The summed E-state index contributed by atoms with van der Waals surface area (Å²) in [6.45, 7) is 2.94. The standard InChI is InChI=1S/C31H30ClFN6O3/c1-37-15-24(34-19-37)16-39-28-13-21(31(40)41)6-8-27(28)35-29(39)17-38-11-9-20(10-12-38)26-3-2-4-30(36-26)42-18-22-5-7-23(32)14-25(22)33/h2-8,13-15,19-20H,9-12,16-18H2,1H3,(H,40,41). The average molecular weight is 589 g/mol. The van der Waals surface area contributed by atoms with Gasteiger partial charge in [-0.2, -0.15) is 0 Å². The third kappa shape index (κ3) is 6.14. The van der Waals surface area contributed by atoms with Crippen molar-refractivity contribution >= 4 is 28.6 Å². The maximum absolute atomic E-state index is 14.1. The van der Waals surface area contributed by atoms with E-state index in [4.69, 9.17) is 26.3 Å². The van der Waals surface area contributed by atoms with E-state index in [9.17, 15) is 14.3 Å². The molecule has 0 unspecified atom stereocenters. The zero-order valence-corrected chi connectivity index (χ0v) is 23.8. The molecule has 0 saturated carbocycles. The van der Waals surface area contributed by atoms with Gasteiger partial charge in [0, 0.05) is 41.5 Å². The highest BCUT2D eigenvalue weighted by Crippen LogP contribution is 2.30. The summed E-state index contributed by atoms with van der Waals surface area (Å²) in [6, 6.07) is 15.3. The first-order chi connectivity index (χ1) is 20.3. The molecule has 0 amide bonds. The minimum atomic E-state index is -0.966. The van der Waals surface area contributed by atoms with Crippen molar-refractivity contribution in [2.45, 2.75) is 38.5 Å². The molecule has 2 aromatic carbocycles. The second kappa shape index (κ2) is 11.9. The van der Waals surface area contributed by atoms with Crippen molar-refractivity contribution in [3.8, 4) is 5.88 Å². The van der Waals surface area contributed by atoms with E-state index in [1.54, 1.807) is 42.7 Å². The number of carboxylic acids is 1. The van der Waals surface area contributed by atoms with E-state index in [2.05, 4.69) is 14.5 Å². The van der Waals surface area contributed by atoms with Crippen LogP contribution >= 0.6 is 11.6 Å². The summed E-state index contributed by atoms with van der Waals surface area (Å²) in [6.07, 6.45) is 5.56. The smallest absolute Gasteiger partial charge is 0.335 e. The van der Waals surface area contributed by atoms with Crippen LogP contribution in [-0.2, 0) is 26.7 Å². The number of hydrogen-bond donors (Lipinski definition) is 1. The maximum atomic E-state index is 14.1. The zero-order chi connectivity index (χ0) is 29.2. The number of ether oxygens (including phenoxy) is 1. The number of likely N-dealkylation sites (tertiary alicyclic amines) is 1. The van der Waals surface area contributed by atoms with E-state index in [0.29, 0.717) is 29.6 Å². The number of aryl methyl sites for hydroxylation is 1. The Morgan fingerprint density at radius 3 is 2.67 bits per heavy atom. The SMILES string of the molecule is Cn1cnc(Cn2c(CN3CCC(c4cccc(OCc5ccc(Cl)cc5F)n4)CC3)nc3ccc(C(=O)O)cc32)c1. The van der Waals surface area contributed by atoms with Gasteiger partial charge in [-0.1, -0.05) is 23.7 Å². The van der Waals surface area contributed by atoms with Crippen molar-refractivity contribution in [3.63, 3.8) is 0 Å². The summed E-state index contributed by atoms with van der Waals surface area (Å²) in [5, 5.41) is 9.90. The largest absolute Gasteiger partial charge is 0.478 e. The number of imidazole rings is 2. The van der Waals surface area contributed by atoms with E-state index in [-0.39, 0.29) is 18.1 Å². The molecule has 216 valence electrons. The van der Waals surface area contributed by atoms with Crippen molar-refractivity contribution in [1.29, 1.82) is 0 Å². The Morgan fingerprint density at radius 2 is 1.93 bits per heavy atom. The number of aromatic nitrogens is 5. The molecule has 1 N–H and O–H groups in total. The number of benzene rings is 2. The first kappa shape index (κ1) is 27.9. The van der Waals surface area contributed by atoms with Gasteiger partial charge < -0.3 is 19.0 Å². The Kier molecular flexibility index (Phi) is 7.90. The summed E-state index contributed by atoms with van der Waals surface area (Å²) in [7, 11) is 1.92. The van der Waals surface area contributed by atoms with Crippen LogP contribution < -0.4 is 4.74 Å². The molecule has 6 rings (SSSR count). The van der Waals surface area contributed by atoms with Gasteiger partial charge in [-0.05, 0) is 62.3 Å². The fraction of sp³-hybridized carbons (Fsp3) is 0.290. The summed E-state index contributed by atoms with van der Waals surface area (Å²) in [4.78, 5) is 28.1. The zero-order valence-electron chi connectivity index (χ0n) is 23.1. The monoisotopic (exact) mass is 588 g/mol. The Balaban J connectivity index is 1.13. The van der Waals surface area contributed by atoms with Gasteiger partial charge in [-0.3, -0.25) is 4.90 Å². The van der Waals surface area contributed by atoms with Crippen molar-refractivity contribution < 1.29 is 19.0 Å². The number of carboxylic acid groups (broad SMARTS) is 1. The van der Waals surface area contributed by atoms with Gasteiger partial charge in [-0.25, -0.2) is 24.1 Å². The van der Waals surface area contributed by atoms with E-state index in [1.165, 1.54) is 6.07 Å². The third-order valence-electron chi connectivity index (χ3n) is 7.66. The molecule has 1 aliphatic rings. The molecule has 0 spiro atoms. The van der Waals surface area contributed by atoms with Crippen molar-refractivity contribution in [2.24, 2.45) is 7.05 Å². The van der Waals surface area contributed by atoms with Crippen molar-refractivity contribution in [3.05, 3.63) is 106 Å². The average Bonchev–Trinajstić information content (AvgIpc) is 3.55. The molecular weight excluding hydrogens is 559 g/mol. The molecule has 0 atom stereocenters. The Bertz CT molecular complexity index is 1740. The van der Waals surface area contributed by atoms with Gasteiger partial charge in [0.2, 0.25) is 5.88 Å². The number of rotatable bonds is 9. The number of pyridine rings is 1. The minimum Gasteiger partial charge on any atom is -0.478 e. The number of aromatic carboxylic acids is 1. The highest BCUT2D eigenvalue weighted by Gasteiger charge is 2.24. The van der Waals surface area contributed by atoms with Crippen LogP contribution in [0.2, 0.25) is 5.02 Å². The predicted octanol–water partition coefficient (Wildman–Crippen LogP) is 5.66. The lowest BCUT2D eigenvalue weighted by Crippen LogP contribution is -2.33. The number of carbonyl (C=O) groups is 1. The van der Waals surface area contributed by atoms with Gasteiger partial charge in [0.15, 0.2) is 0 Å². The second-order valence-corrected chi connectivity index (χ2v) is 11.1. The van der Waals surface area contributed by atoms with Crippen molar-refractivity contribution in [1.82, 2.24) is 29.0 Å². The molecule has 1 fully saturated rings. The molecule has 9 nitrogen and oxygen atoms in total. The normalized spacial score (nSPS) is 14.5. The van der Waals surface area contributed by atoms with Gasteiger partial charge in [0.25, 0.3) is 0 Å². The lowest BCUT2D eigenvalue weighted by atomic mass is 9.93. The lowest BCUT2D eigenvalue weighted by Gasteiger charge is -2.31. The molecule has 3 aromatic heterocycles. The van der Waals surface area contributed by atoms with Crippen LogP contribution in [0.25, 0.3) is 11.0 Å². The maximum Gasteiger partial charge on any atom is 0.335 e. The second-order valence-electron chi connectivity index (χ2n) is 10.6. The van der Waals surface area contributed by atoms with E-state index >= 15 is 0 Å². The van der Waals surface area contributed by atoms with Crippen LogP contribution in [0.15, 0.2) is 67.1 Å². The number of piperidine rings is 1. The van der Waals surface area contributed by atoms with Gasteiger partial charge in [0.1, 0.15) is 18.2 Å².